The van der Waals surface area contributed by atoms with Gasteiger partial charge in [-0.25, -0.2) is 0 Å². The summed E-state index contributed by atoms with van der Waals surface area (Å²) in [6, 6.07) is 0. The Hall–Kier alpha value is -0.0400. The van der Waals surface area contributed by atoms with Gasteiger partial charge in [0, 0.05) is 5.54 Å². The van der Waals surface area contributed by atoms with Crippen molar-refractivity contribution in [1.29, 1.82) is 0 Å². The molecule has 0 aromatic rings. The smallest absolute Gasteiger partial charge is 0.0210 e. The number of likely N-dealkylation sites (tertiary alicyclic amines) is 1. The molecule has 0 N–H and O–H groups in total. The zero-order valence-corrected chi connectivity index (χ0v) is 7.77. The molecule has 1 heterocycles. The predicted octanol–water partition coefficient (Wildman–Crippen LogP) is 2.27. The number of piperidine rings is 1. The van der Waals surface area contributed by atoms with Crippen molar-refractivity contribution in [1.82, 2.24) is 4.90 Å². The van der Waals surface area contributed by atoms with Gasteiger partial charge in [0.2, 0.25) is 0 Å². The fourth-order valence-corrected chi connectivity index (χ4v) is 2.49. The fraction of sp³-hybridized carbons (Fsp3) is 1.00. The van der Waals surface area contributed by atoms with E-state index in [-0.39, 0.29) is 0 Å². The summed E-state index contributed by atoms with van der Waals surface area (Å²) in [6.45, 7) is 3.69. The van der Waals surface area contributed by atoms with Crippen molar-refractivity contribution in [3.05, 3.63) is 0 Å². The molecule has 1 saturated carbocycles. The Kier molecular flexibility index (Phi) is 1.71. The van der Waals surface area contributed by atoms with Gasteiger partial charge in [-0.3, -0.25) is 0 Å². The third kappa shape index (κ3) is 1.20. The van der Waals surface area contributed by atoms with Crippen molar-refractivity contribution in [2.75, 3.05) is 13.6 Å². The van der Waals surface area contributed by atoms with E-state index in [1.165, 1.54) is 38.6 Å². The Morgan fingerprint density at radius 1 is 1.45 bits per heavy atom. The molecule has 0 aromatic heterocycles. The lowest BCUT2D eigenvalue weighted by molar-refractivity contribution is 0.121. The summed E-state index contributed by atoms with van der Waals surface area (Å²) in [6.07, 6.45) is 7.27. The zero-order valence-electron chi connectivity index (χ0n) is 7.77. The molecule has 0 radical (unpaired) electrons. The first-order valence-corrected chi connectivity index (χ1v) is 4.98. The molecule has 11 heavy (non-hydrogen) atoms. The minimum absolute atomic E-state index is 0.693. The highest BCUT2D eigenvalue weighted by molar-refractivity contribution is 5.05. The number of hydrogen-bond acceptors (Lipinski definition) is 1. The molecule has 0 aromatic carbocycles. The molecule has 1 aliphatic carbocycles. The van der Waals surface area contributed by atoms with Gasteiger partial charge in [0.15, 0.2) is 0 Å². The van der Waals surface area contributed by atoms with Crippen LogP contribution in [0.5, 0.6) is 0 Å². The van der Waals surface area contributed by atoms with Crippen LogP contribution in [-0.4, -0.2) is 24.0 Å². The van der Waals surface area contributed by atoms with Crippen molar-refractivity contribution in [3.8, 4) is 0 Å². The molecule has 1 nitrogen and oxygen atoms in total. The van der Waals surface area contributed by atoms with Crippen LogP contribution in [0.3, 0.4) is 0 Å². The lowest BCUT2D eigenvalue weighted by Gasteiger charge is -2.37. The van der Waals surface area contributed by atoms with Crippen molar-refractivity contribution < 1.29 is 0 Å². The Labute approximate surface area is 69.8 Å². The Bertz CT molecular complexity index is 149. The quantitative estimate of drug-likeness (QED) is 0.558. The molecule has 2 aliphatic rings. The predicted molar refractivity (Wildman–Crippen MR) is 47.6 cm³/mol. The third-order valence-corrected chi connectivity index (χ3v) is 3.76. The van der Waals surface area contributed by atoms with Gasteiger partial charge in [-0.05, 0) is 45.2 Å². The molecule has 1 atom stereocenters. The summed E-state index contributed by atoms with van der Waals surface area (Å²) in [5, 5.41) is 0. The highest BCUT2D eigenvalue weighted by Crippen LogP contribution is 2.49. The second kappa shape index (κ2) is 2.48. The van der Waals surface area contributed by atoms with E-state index in [2.05, 4.69) is 18.9 Å². The molecule has 0 amide bonds. The van der Waals surface area contributed by atoms with Crippen molar-refractivity contribution in [2.24, 2.45) is 5.92 Å². The van der Waals surface area contributed by atoms with E-state index >= 15 is 0 Å². The van der Waals surface area contributed by atoms with Gasteiger partial charge in [-0.2, -0.15) is 0 Å². The van der Waals surface area contributed by atoms with Crippen molar-refractivity contribution in [3.63, 3.8) is 0 Å². The second-order valence-corrected chi connectivity index (χ2v) is 4.41. The maximum atomic E-state index is 2.60. The molecule has 1 aliphatic heterocycles. The first-order valence-electron chi connectivity index (χ1n) is 4.98. The SMILES string of the molecule is CC[C@H]1CCN(C)C2(CC2)C1. The molecule has 1 heteroatoms. The molecular weight excluding hydrogens is 134 g/mol. The van der Waals surface area contributed by atoms with Crippen LogP contribution in [-0.2, 0) is 0 Å². The first-order chi connectivity index (χ1) is 5.27. The van der Waals surface area contributed by atoms with Gasteiger partial charge in [-0.15, -0.1) is 0 Å². The zero-order chi connectivity index (χ0) is 7.90. The lowest BCUT2D eigenvalue weighted by Crippen LogP contribution is -2.41. The van der Waals surface area contributed by atoms with Gasteiger partial charge in [0.25, 0.3) is 0 Å². The van der Waals surface area contributed by atoms with Crippen LogP contribution in [0.1, 0.15) is 39.0 Å². The molecule has 0 bridgehead atoms. The van der Waals surface area contributed by atoms with E-state index in [1.54, 1.807) is 0 Å². The molecule has 1 saturated heterocycles. The van der Waals surface area contributed by atoms with Crippen molar-refractivity contribution in [2.45, 2.75) is 44.6 Å². The van der Waals surface area contributed by atoms with Gasteiger partial charge >= 0.3 is 0 Å². The van der Waals surface area contributed by atoms with Crippen LogP contribution >= 0.6 is 0 Å². The van der Waals surface area contributed by atoms with E-state index < -0.39 is 0 Å². The van der Waals surface area contributed by atoms with Crippen LogP contribution < -0.4 is 0 Å². The first kappa shape index (κ1) is 7.60. The van der Waals surface area contributed by atoms with E-state index in [4.69, 9.17) is 0 Å². The monoisotopic (exact) mass is 153 g/mol. The third-order valence-electron chi connectivity index (χ3n) is 3.76. The van der Waals surface area contributed by atoms with E-state index in [0.717, 1.165) is 5.92 Å². The minimum Gasteiger partial charge on any atom is -0.301 e. The summed E-state index contributed by atoms with van der Waals surface area (Å²) in [4.78, 5) is 2.60. The van der Waals surface area contributed by atoms with Crippen LogP contribution in [0.2, 0.25) is 0 Å². The van der Waals surface area contributed by atoms with E-state index in [0.29, 0.717) is 5.54 Å². The number of rotatable bonds is 1. The number of nitrogens with zero attached hydrogens (tertiary/aromatic N) is 1. The Morgan fingerprint density at radius 2 is 2.18 bits per heavy atom. The fourth-order valence-electron chi connectivity index (χ4n) is 2.49. The molecule has 1 spiro atoms. The summed E-state index contributed by atoms with van der Waals surface area (Å²) < 4.78 is 0. The van der Waals surface area contributed by atoms with Crippen LogP contribution in [0.25, 0.3) is 0 Å². The van der Waals surface area contributed by atoms with E-state index in [9.17, 15) is 0 Å². The van der Waals surface area contributed by atoms with Gasteiger partial charge in [0.05, 0.1) is 0 Å². The van der Waals surface area contributed by atoms with Crippen LogP contribution in [0.15, 0.2) is 0 Å². The van der Waals surface area contributed by atoms with Gasteiger partial charge in [-0.1, -0.05) is 13.3 Å². The highest BCUT2D eigenvalue weighted by atomic mass is 15.2. The van der Waals surface area contributed by atoms with Gasteiger partial charge in [0.1, 0.15) is 0 Å². The van der Waals surface area contributed by atoms with Crippen molar-refractivity contribution >= 4 is 0 Å². The van der Waals surface area contributed by atoms with Crippen LogP contribution in [0, 0.1) is 5.92 Å². The topological polar surface area (TPSA) is 3.24 Å². The maximum Gasteiger partial charge on any atom is 0.0210 e. The summed E-state index contributed by atoms with van der Waals surface area (Å²) in [5.41, 5.74) is 0.693. The highest BCUT2D eigenvalue weighted by Gasteiger charge is 2.49. The number of hydrogen-bond donors (Lipinski definition) is 0. The average molecular weight is 153 g/mol. The summed E-state index contributed by atoms with van der Waals surface area (Å²) in [7, 11) is 2.30. The van der Waals surface area contributed by atoms with Gasteiger partial charge < -0.3 is 4.90 Å². The summed E-state index contributed by atoms with van der Waals surface area (Å²) in [5.74, 6) is 1.04. The standard InChI is InChI=1S/C10H19N/c1-3-9-4-7-11(2)10(8-9)5-6-10/h9H,3-8H2,1-2H3/t9-/m0/s1. The Balaban J connectivity index is 1.98. The molecule has 2 rings (SSSR count). The Morgan fingerprint density at radius 3 is 2.73 bits per heavy atom. The lowest BCUT2D eigenvalue weighted by atomic mass is 9.88. The van der Waals surface area contributed by atoms with Crippen LogP contribution in [0.4, 0.5) is 0 Å². The molecule has 0 unspecified atom stereocenters. The minimum atomic E-state index is 0.693. The summed E-state index contributed by atoms with van der Waals surface area (Å²) >= 11 is 0. The molecule has 64 valence electrons. The molecular formula is C10H19N. The maximum absolute atomic E-state index is 2.60. The normalized spacial score (nSPS) is 36.0. The average Bonchev–Trinajstić information content (AvgIpc) is 2.77. The molecule has 2 fully saturated rings. The second-order valence-electron chi connectivity index (χ2n) is 4.41. The van der Waals surface area contributed by atoms with E-state index in [1.807, 2.05) is 0 Å². The largest absolute Gasteiger partial charge is 0.301 e.